The third-order valence-corrected chi connectivity index (χ3v) is 2.76. The molecule has 0 aromatic heterocycles. The van der Waals surface area contributed by atoms with Crippen molar-refractivity contribution in [1.82, 2.24) is 5.32 Å². The Balaban J connectivity index is 2.59. The number of nitrogens with one attached hydrogen (secondary N) is 1. The van der Waals surface area contributed by atoms with Crippen LogP contribution in [-0.4, -0.2) is 34.2 Å². The molecule has 0 aliphatic heterocycles. The Morgan fingerprint density at radius 2 is 1.89 bits per heavy atom. The number of carboxylic acids is 1. The van der Waals surface area contributed by atoms with Crippen LogP contribution in [0.1, 0.15) is 25.3 Å². The number of carboxylic acid groups (broad SMARTS) is 1. The maximum absolute atomic E-state index is 11.8. The summed E-state index contributed by atoms with van der Waals surface area (Å²) in [6, 6.07) is 9.14. The summed E-state index contributed by atoms with van der Waals surface area (Å²) in [5, 5.41) is 20.6. The van der Waals surface area contributed by atoms with Gasteiger partial charge in [-0.05, 0) is 19.4 Å². The number of benzene rings is 1. The van der Waals surface area contributed by atoms with E-state index >= 15 is 0 Å². The van der Waals surface area contributed by atoms with Crippen LogP contribution in [0.15, 0.2) is 30.3 Å². The van der Waals surface area contributed by atoms with Crippen LogP contribution in [0, 0.1) is 0 Å². The molecular formula is C13H17NO4. The van der Waals surface area contributed by atoms with E-state index in [1.165, 1.54) is 0 Å². The van der Waals surface area contributed by atoms with Crippen molar-refractivity contribution < 1.29 is 19.8 Å². The average Bonchev–Trinajstić information content (AvgIpc) is 2.36. The lowest BCUT2D eigenvalue weighted by Gasteiger charge is -2.20. The number of carbonyl (C=O) groups excluding carboxylic acids is 1. The smallest absolute Gasteiger partial charge is 0.337 e. The summed E-state index contributed by atoms with van der Waals surface area (Å²) >= 11 is 0. The Morgan fingerprint density at radius 1 is 1.33 bits per heavy atom. The van der Waals surface area contributed by atoms with E-state index in [9.17, 15) is 14.7 Å². The van der Waals surface area contributed by atoms with Crippen molar-refractivity contribution in [3.63, 3.8) is 0 Å². The highest BCUT2D eigenvalue weighted by atomic mass is 16.4. The van der Waals surface area contributed by atoms with Crippen molar-refractivity contribution in [3.05, 3.63) is 35.9 Å². The molecule has 1 aromatic rings. The van der Waals surface area contributed by atoms with Crippen LogP contribution in [-0.2, 0) is 9.59 Å². The van der Waals surface area contributed by atoms with Crippen molar-refractivity contribution in [2.75, 3.05) is 6.54 Å². The molecule has 0 saturated heterocycles. The van der Waals surface area contributed by atoms with E-state index in [2.05, 4.69) is 5.32 Å². The van der Waals surface area contributed by atoms with Crippen LogP contribution >= 0.6 is 0 Å². The first-order valence-electron chi connectivity index (χ1n) is 5.63. The number of carbonyl (C=O) groups is 2. The minimum atomic E-state index is -1.95. The second kappa shape index (κ2) is 5.64. The maximum atomic E-state index is 11.8. The Bertz CT molecular complexity index is 428. The molecule has 3 N–H and O–H groups in total. The number of aliphatic hydroxyl groups is 1. The van der Waals surface area contributed by atoms with Crippen LogP contribution < -0.4 is 5.32 Å². The number of amides is 1. The number of aliphatic carboxylic acids is 1. The van der Waals surface area contributed by atoms with Gasteiger partial charge >= 0.3 is 5.97 Å². The molecule has 0 bridgehead atoms. The van der Waals surface area contributed by atoms with E-state index < -0.39 is 17.5 Å². The number of hydrogen-bond donors (Lipinski definition) is 3. The minimum absolute atomic E-state index is 0.317. The van der Waals surface area contributed by atoms with Gasteiger partial charge in [-0.25, -0.2) is 4.79 Å². The lowest BCUT2D eigenvalue weighted by Crippen LogP contribution is -2.47. The first kappa shape index (κ1) is 14.2. The fourth-order valence-corrected chi connectivity index (χ4v) is 1.38. The molecule has 98 valence electrons. The minimum Gasteiger partial charge on any atom is -0.479 e. The monoisotopic (exact) mass is 251 g/mol. The van der Waals surface area contributed by atoms with Gasteiger partial charge in [-0.15, -0.1) is 0 Å². The lowest BCUT2D eigenvalue weighted by molar-refractivity contribution is -0.156. The zero-order chi connectivity index (χ0) is 13.8. The lowest BCUT2D eigenvalue weighted by atomic mass is 10.00. The van der Waals surface area contributed by atoms with Crippen LogP contribution in [0.5, 0.6) is 0 Å². The summed E-state index contributed by atoms with van der Waals surface area (Å²) in [6.07, 6.45) is 0. The van der Waals surface area contributed by atoms with Crippen molar-refractivity contribution in [2.45, 2.75) is 25.4 Å². The largest absolute Gasteiger partial charge is 0.479 e. The van der Waals surface area contributed by atoms with Crippen LogP contribution in [0.3, 0.4) is 0 Å². The van der Waals surface area contributed by atoms with Crippen molar-refractivity contribution in [2.24, 2.45) is 0 Å². The van der Waals surface area contributed by atoms with Gasteiger partial charge in [0.25, 0.3) is 0 Å². The average molecular weight is 251 g/mol. The number of hydrogen-bond acceptors (Lipinski definition) is 3. The summed E-state index contributed by atoms with van der Waals surface area (Å²) in [6.45, 7) is 2.54. The van der Waals surface area contributed by atoms with Gasteiger partial charge in [-0.1, -0.05) is 30.3 Å². The summed E-state index contributed by atoms with van der Waals surface area (Å²) in [7, 11) is 0. The topological polar surface area (TPSA) is 86.6 Å². The second-order valence-corrected chi connectivity index (χ2v) is 4.43. The molecule has 5 nitrogen and oxygen atoms in total. The zero-order valence-corrected chi connectivity index (χ0v) is 10.4. The van der Waals surface area contributed by atoms with Crippen molar-refractivity contribution >= 4 is 11.9 Å². The highest BCUT2D eigenvalue weighted by molar-refractivity contribution is 5.84. The summed E-state index contributed by atoms with van der Waals surface area (Å²) < 4.78 is 0. The molecule has 0 radical (unpaired) electrons. The molecule has 0 aliphatic carbocycles. The molecule has 0 heterocycles. The van der Waals surface area contributed by atoms with Gasteiger partial charge in [0.1, 0.15) is 0 Å². The fourth-order valence-electron chi connectivity index (χ4n) is 1.38. The molecule has 2 atom stereocenters. The van der Waals surface area contributed by atoms with E-state index in [0.29, 0.717) is 0 Å². The van der Waals surface area contributed by atoms with Gasteiger partial charge in [-0.2, -0.15) is 0 Å². The Morgan fingerprint density at radius 3 is 2.39 bits per heavy atom. The standard InChI is InChI=1S/C13H17NO4/c1-9(10-6-4-3-5-7-10)11(15)14-8-13(2,18)12(16)17/h3-7,9,18H,8H2,1-2H3,(H,14,15)(H,16,17). The normalized spacial score (nSPS) is 15.5. The molecule has 1 aromatic carbocycles. The molecule has 0 fully saturated rings. The molecule has 2 unspecified atom stereocenters. The SMILES string of the molecule is CC(C(=O)NCC(C)(O)C(=O)O)c1ccccc1. The van der Waals surface area contributed by atoms with Gasteiger partial charge in [0.05, 0.1) is 12.5 Å². The summed E-state index contributed by atoms with van der Waals surface area (Å²) in [5.41, 5.74) is -1.11. The third-order valence-electron chi connectivity index (χ3n) is 2.76. The van der Waals surface area contributed by atoms with E-state index in [-0.39, 0.29) is 12.5 Å². The van der Waals surface area contributed by atoms with E-state index in [4.69, 9.17) is 5.11 Å². The molecule has 1 rings (SSSR count). The molecule has 1 amide bonds. The van der Waals surface area contributed by atoms with Gasteiger partial charge in [0.15, 0.2) is 5.60 Å². The van der Waals surface area contributed by atoms with Gasteiger partial charge in [0.2, 0.25) is 5.91 Å². The maximum Gasteiger partial charge on any atom is 0.337 e. The first-order valence-corrected chi connectivity index (χ1v) is 5.63. The zero-order valence-electron chi connectivity index (χ0n) is 10.4. The molecule has 18 heavy (non-hydrogen) atoms. The molecule has 0 aliphatic rings. The molecular weight excluding hydrogens is 234 g/mol. The van der Waals surface area contributed by atoms with Gasteiger partial charge in [-0.3, -0.25) is 4.79 Å². The van der Waals surface area contributed by atoms with Crippen LogP contribution in [0.4, 0.5) is 0 Å². The molecule has 0 saturated carbocycles. The quantitative estimate of drug-likeness (QED) is 0.720. The van der Waals surface area contributed by atoms with Gasteiger partial charge < -0.3 is 15.5 Å². The Hall–Kier alpha value is -1.88. The molecule has 5 heteroatoms. The van der Waals surface area contributed by atoms with Crippen LogP contribution in [0.2, 0.25) is 0 Å². The Kier molecular flexibility index (Phi) is 4.44. The third kappa shape index (κ3) is 3.56. The van der Waals surface area contributed by atoms with Crippen molar-refractivity contribution in [3.8, 4) is 0 Å². The van der Waals surface area contributed by atoms with E-state index in [1.54, 1.807) is 6.92 Å². The number of rotatable bonds is 5. The van der Waals surface area contributed by atoms with E-state index in [0.717, 1.165) is 12.5 Å². The second-order valence-electron chi connectivity index (χ2n) is 4.43. The first-order chi connectivity index (χ1) is 8.34. The fraction of sp³-hybridized carbons (Fsp3) is 0.385. The van der Waals surface area contributed by atoms with Crippen LogP contribution in [0.25, 0.3) is 0 Å². The highest BCUT2D eigenvalue weighted by Gasteiger charge is 2.30. The highest BCUT2D eigenvalue weighted by Crippen LogP contribution is 2.14. The van der Waals surface area contributed by atoms with Crippen molar-refractivity contribution in [1.29, 1.82) is 0 Å². The summed E-state index contributed by atoms with van der Waals surface area (Å²) in [4.78, 5) is 22.5. The Labute approximate surface area is 105 Å². The predicted octanol–water partition coefficient (Wildman–Crippen LogP) is 0.742. The summed E-state index contributed by atoms with van der Waals surface area (Å²) in [5.74, 6) is -2.08. The van der Waals surface area contributed by atoms with Gasteiger partial charge in [0, 0.05) is 0 Å². The molecule has 0 spiro atoms. The van der Waals surface area contributed by atoms with E-state index in [1.807, 2.05) is 30.3 Å². The predicted molar refractivity (Wildman–Crippen MR) is 66.1 cm³/mol.